The second-order valence-corrected chi connectivity index (χ2v) is 9.06. The van der Waals surface area contributed by atoms with E-state index in [4.69, 9.17) is 25.8 Å². The number of carbonyl (C=O) groups excluding carboxylic acids is 1. The third-order valence-electron chi connectivity index (χ3n) is 5.37. The first-order valence-corrected chi connectivity index (χ1v) is 12.4. The van der Waals surface area contributed by atoms with Gasteiger partial charge in [-0.25, -0.2) is 5.43 Å². The van der Waals surface area contributed by atoms with Gasteiger partial charge in [-0.1, -0.05) is 70.0 Å². The van der Waals surface area contributed by atoms with Crippen molar-refractivity contribution in [1.82, 2.24) is 5.43 Å². The molecule has 4 rings (SSSR count). The highest BCUT2D eigenvalue weighted by Gasteiger charge is 2.14. The van der Waals surface area contributed by atoms with Crippen LogP contribution in [0.25, 0.3) is 10.8 Å². The van der Waals surface area contributed by atoms with Crippen LogP contribution in [0.1, 0.15) is 28.4 Å². The number of benzene rings is 4. The van der Waals surface area contributed by atoms with Crippen LogP contribution in [0.5, 0.6) is 17.2 Å². The SMILES string of the molecule is CCOc1cc(/C=N\NC(=O)c2cc(Br)ccc2OC)cc(Cl)c1OCc1cccc2ccccc12. The van der Waals surface area contributed by atoms with Crippen molar-refractivity contribution in [2.45, 2.75) is 13.5 Å². The van der Waals surface area contributed by atoms with Gasteiger partial charge in [0.1, 0.15) is 12.4 Å². The van der Waals surface area contributed by atoms with Crippen LogP contribution in [0.3, 0.4) is 0 Å². The molecular formula is C28H24BrClN2O4. The van der Waals surface area contributed by atoms with Crippen molar-refractivity contribution in [1.29, 1.82) is 0 Å². The van der Waals surface area contributed by atoms with Gasteiger partial charge in [0.2, 0.25) is 0 Å². The van der Waals surface area contributed by atoms with Crippen molar-refractivity contribution in [3.8, 4) is 17.2 Å². The fourth-order valence-corrected chi connectivity index (χ4v) is 4.35. The minimum Gasteiger partial charge on any atom is -0.496 e. The maximum atomic E-state index is 12.6. The Balaban J connectivity index is 1.51. The van der Waals surface area contributed by atoms with Crippen molar-refractivity contribution < 1.29 is 19.0 Å². The molecule has 0 atom stereocenters. The quantitative estimate of drug-likeness (QED) is 0.175. The summed E-state index contributed by atoms with van der Waals surface area (Å²) in [6, 6.07) is 22.9. The topological polar surface area (TPSA) is 69.2 Å². The number of amides is 1. The largest absolute Gasteiger partial charge is 0.496 e. The van der Waals surface area contributed by atoms with E-state index < -0.39 is 5.91 Å². The molecule has 0 fully saturated rings. The Morgan fingerprint density at radius 3 is 2.64 bits per heavy atom. The Labute approximate surface area is 223 Å². The van der Waals surface area contributed by atoms with Gasteiger partial charge in [-0.15, -0.1) is 0 Å². The molecular weight excluding hydrogens is 544 g/mol. The summed E-state index contributed by atoms with van der Waals surface area (Å²) in [6.45, 7) is 2.65. The molecule has 1 N–H and O–H groups in total. The molecule has 0 heterocycles. The zero-order valence-corrected chi connectivity index (χ0v) is 22.1. The molecule has 4 aromatic rings. The van der Waals surface area contributed by atoms with Crippen molar-refractivity contribution in [3.63, 3.8) is 0 Å². The Morgan fingerprint density at radius 1 is 1.03 bits per heavy atom. The number of ether oxygens (including phenoxy) is 3. The molecule has 0 aromatic heterocycles. The summed E-state index contributed by atoms with van der Waals surface area (Å²) < 4.78 is 17.9. The van der Waals surface area contributed by atoms with Gasteiger partial charge >= 0.3 is 0 Å². The van der Waals surface area contributed by atoms with E-state index in [9.17, 15) is 4.79 Å². The van der Waals surface area contributed by atoms with Gasteiger partial charge in [-0.05, 0) is 59.2 Å². The number of hydrogen-bond acceptors (Lipinski definition) is 5. The van der Waals surface area contributed by atoms with E-state index in [1.54, 1.807) is 30.3 Å². The van der Waals surface area contributed by atoms with Crippen LogP contribution in [-0.2, 0) is 6.61 Å². The van der Waals surface area contributed by atoms with E-state index in [1.165, 1.54) is 13.3 Å². The number of hydrazone groups is 1. The van der Waals surface area contributed by atoms with Crippen molar-refractivity contribution in [2.24, 2.45) is 5.10 Å². The third-order valence-corrected chi connectivity index (χ3v) is 6.14. The van der Waals surface area contributed by atoms with E-state index in [1.807, 2.05) is 31.2 Å². The predicted molar refractivity (Wildman–Crippen MR) is 147 cm³/mol. The molecule has 36 heavy (non-hydrogen) atoms. The van der Waals surface area contributed by atoms with E-state index in [0.717, 1.165) is 20.8 Å². The molecule has 0 bridgehead atoms. The Kier molecular flexibility index (Phi) is 8.46. The Morgan fingerprint density at radius 2 is 1.83 bits per heavy atom. The number of fused-ring (bicyclic) bond motifs is 1. The minimum absolute atomic E-state index is 0.332. The second-order valence-electron chi connectivity index (χ2n) is 7.73. The van der Waals surface area contributed by atoms with Gasteiger partial charge in [0.15, 0.2) is 11.5 Å². The van der Waals surface area contributed by atoms with Gasteiger partial charge in [0.05, 0.1) is 30.5 Å². The molecule has 1 amide bonds. The third kappa shape index (κ3) is 5.98. The van der Waals surface area contributed by atoms with Crippen LogP contribution >= 0.6 is 27.5 Å². The van der Waals surface area contributed by atoms with E-state index >= 15 is 0 Å². The van der Waals surface area contributed by atoms with Crippen LogP contribution in [0, 0.1) is 0 Å². The molecule has 4 aromatic carbocycles. The van der Waals surface area contributed by atoms with Crippen LogP contribution < -0.4 is 19.6 Å². The summed E-state index contributed by atoms with van der Waals surface area (Å²) in [4.78, 5) is 12.6. The van der Waals surface area contributed by atoms with Crippen LogP contribution in [-0.4, -0.2) is 25.8 Å². The number of carbonyl (C=O) groups is 1. The highest BCUT2D eigenvalue weighted by atomic mass is 79.9. The van der Waals surface area contributed by atoms with Gasteiger partial charge in [0.25, 0.3) is 5.91 Å². The first kappa shape index (κ1) is 25.5. The molecule has 0 aliphatic rings. The van der Waals surface area contributed by atoms with E-state index in [0.29, 0.717) is 46.6 Å². The van der Waals surface area contributed by atoms with Crippen molar-refractivity contribution >= 4 is 50.4 Å². The van der Waals surface area contributed by atoms with Crippen molar-refractivity contribution in [3.05, 3.63) is 99.0 Å². The Hall–Kier alpha value is -3.55. The molecule has 0 saturated carbocycles. The molecule has 0 saturated heterocycles. The summed E-state index contributed by atoms with van der Waals surface area (Å²) in [6.07, 6.45) is 1.49. The Bertz CT molecular complexity index is 1420. The number of rotatable bonds is 9. The first-order chi connectivity index (χ1) is 17.5. The number of methoxy groups -OCH3 is 1. The summed E-state index contributed by atoms with van der Waals surface area (Å²) in [5.74, 6) is 0.981. The van der Waals surface area contributed by atoms with Gasteiger partial charge in [-0.3, -0.25) is 4.79 Å². The first-order valence-electron chi connectivity index (χ1n) is 11.2. The van der Waals surface area contributed by atoms with Crippen LogP contribution in [0.2, 0.25) is 5.02 Å². The van der Waals surface area contributed by atoms with Crippen molar-refractivity contribution in [2.75, 3.05) is 13.7 Å². The van der Waals surface area contributed by atoms with Gasteiger partial charge in [0, 0.05) is 4.47 Å². The lowest BCUT2D eigenvalue weighted by atomic mass is 10.1. The molecule has 6 nitrogen and oxygen atoms in total. The summed E-state index contributed by atoms with van der Waals surface area (Å²) in [5.41, 5.74) is 4.55. The van der Waals surface area contributed by atoms with Crippen LogP contribution in [0.4, 0.5) is 0 Å². The van der Waals surface area contributed by atoms with Gasteiger partial charge in [-0.2, -0.15) is 5.10 Å². The average molecular weight is 568 g/mol. The fourth-order valence-electron chi connectivity index (χ4n) is 3.72. The lowest BCUT2D eigenvalue weighted by molar-refractivity contribution is 0.0952. The predicted octanol–water partition coefficient (Wildman–Crippen LogP) is 7.01. The standard InChI is InChI=1S/C28H24BrClN2O4/c1-3-35-26-14-18(16-31-32-28(33)23-15-21(29)11-12-25(23)34-2)13-24(30)27(26)36-17-20-9-6-8-19-7-4-5-10-22(19)20/h4-16H,3,17H2,1-2H3,(H,32,33)/b31-16-. The maximum Gasteiger partial charge on any atom is 0.275 e. The number of nitrogens with one attached hydrogen (secondary N) is 1. The maximum absolute atomic E-state index is 12.6. The molecule has 0 aliphatic heterocycles. The van der Waals surface area contributed by atoms with Crippen LogP contribution in [0.15, 0.2) is 82.4 Å². The molecule has 0 unspecified atom stereocenters. The van der Waals surface area contributed by atoms with E-state index in [-0.39, 0.29) is 0 Å². The highest BCUT2D eigenvalue weighted by molar-refractivity contribution is 9.10. The number of halogens is 2. The smallest absolute Gasteiger partial charge is 0.275 e. The minimum atomic E-state index is -0.407. The molecule has 0 radical (unpaired) electrons. The number of hydrogen-bond donors (Lipinski definition) is 1. The number of nitrogens with zero attached hydrogens (tertiary/aromatic N) is 1. The van der Waals surface area contributed by atoms with E-state index in [2.05, 4.69) is 44.7 Å². The average Bonchev–Trinajstić information content (AvgIpc) is 2.88. The monoisotopic (exact) mass is 566 g/mol. The summed E-state index contributed by atoms with van der Waals surface area (Å²) >= 11 is 9.93. The highest BCUT2D eigenvalue weighted by Crippen LogP contribution is 2.37. The summed E-state index contributed by atoms with van der Waals surface area (Å²) in [5, 5.41) is 6.71. The lowest BCUT2D eigenvalue weighted by Gasteiger charge is -2.15. The molecule has 0 aliphatic carbocycles. The zero-order chi connectivity index (χ0) is 25.5. The molecule has 184 valence electrons. The second kappa shape index (κ2) is 11.9. The fraction of sp³-hybridized carbons (Fsp3) is 0.143. The lowest BCUT2D eigenvalue weighted by Crippen LogP contribution is -2.18. The molecule has 8 heteroatoms. The molecule has 0 spiro atoms. The summed E-state index contributed by atoms with van der Waals surface area (Å²) in [7, 11) is 1.50. The van der Waals surface area contributed by atoms with Gasteiger partial charge < -0.3 is 14.2 Å². The zero-order valence-electron chi connectivity index (χ0n) is 19.8. The normalized spacial score (nSPS) is 11.0.